The van der Waals surface area contributed by atoms with Gasteiger partial charge in [-0.1, -0.05) is 20.4 Å². The Bertz CT molecular complexity index is 530. The van der Waals surface area contributed by atoms with E-state index in [0.717, 1.165) is 16.0 Å². The van der Waals surface area contributed by atoms with E-state index in [1.54, 1.807) is 24.6 Å². The number of hydrogen-bond acceptors (Lipinski definition) is 5. The van der Waals surface area contributed by atoms with Crippen LogP contribution in [-0.2, 0) is 0 Å². The van der Waals surface area contributed by atoms with Gasteiger partial charge in [-0.3, -0.25) is 4.79 Å². The minimum absolute atomic E-state index is 0.289. The molecule has 1 aromatic heterocycles. The maximum Gasteiger partial charge on any atom is 0.277 e. The molecule has 7 heteroatoms. The Morgan fingerprint density at radius 3 is 3.00 bits per heavy atom. The van der Waals surface area contributed by atoms with E-state index in [2.05, 4.69) is 30.8 Å². The SMILES string of the molecule is COc1ccc(Br)cc1NC(=O)c1csnn1. The average molecular weight is 314 g/mol. The van der Waals surface area contributed by atoms with Crippen molar-refractivity contribution in [3.05, 3.63) is 33.7 Å². The molecule has 0 aliphatic rings. The van der Waals surface area contributed by atoms with Crippen LogP contribution in [-0.4, -0.2) is 22.6 Å². The maximum absolute atomic E-state index is 11.8. The molecule has 17 heavy (non-hydrogen) atoms. The summed E-state index contributed by atoms with van der Waals surface area (Å²) in [6, 6.07) is 5.36. The van der Waals surface area contributed by atoms with Crippen LogP contribution >= 0.6 is 27.5 Å². The van der Waals surface area contributed by atoms with Crippen LogP contribution in [0.5, 0.6) is 5.75 Å². The van der Waals surface area contributed by atoms with Crippen LogP contribution in [0.2, 0.25) is 0 Å². The van der Waals surface area contributed by atoms with E-state index in [9.17, 15) is 4.79 Å². The van der Waals surface area contributed by atoms with Crippen molar-refractivity contribution < 1.29 is 9.53 Å². The number of carbonyl (C=O) groups excluding carboxylic acids is 1. The molecule has 1 aromatic carbocycles. The van der Waals surface area contributed by atoms with Crippen molar-refractivity contribution in [2.75, 3.05) is 12.4 Å². The predicted octanol–water partition coefficient (Wildman–Crippen LogP) is 2.56. The number of nitrogens with zero attached hydrogens (tertiary/aromatic N) is 2. The van der Waals surface area contributed by atoms with Gasteiger partial charge >= 0.3 is 0 Å². The number of rotatable bonds is 3. The van der Waals surface area contributed by atoms with Crippen LogP contribution in [0.15, 0.2) is 28.1 Å². The Morgan fingerprint density at radius 1 is 1.53 bits per heavy atom. The third-order valence-corrected chi connectivity index (χ3v) is 3.00. The van der Waals surface area contributed by atoms with Crippen molar-refractivity contribution in [2.24, 2.45) is 0 Å². The zero-order valence-electron chi connectivity index (χ0n) is 8.81. The molecule has 2 aromatic rings. The molecule has 0 aliphatic carbocycles. The Kier molecular flexibility index (Phi) is 3.70. The molecule has 0 radical (unpaired) electrons. The summed E-state index contributed by atoms with van der Waals surface area (Å²) in [7, 11) is 1.54. The van der Waals surface area contributed by atoms with Gasteiger partial charge in [-0.15, -0.1) is 5.10 Å². The number of benzene rings is 1. The predicted molar refractivity (Wildman–Crippen MR) is 68.6 cm³/mol. The lowest BCUT2D eigenvalue weighted by molar-refractivity contribution is 0.102. The molecule has 1 amide bonds. The van der Waals surface area contributed by atoms with Gasteiger partial charge < -0.3 is 10.1 Å². The summed E-state index contributed by atoms with van der Waals surface area (Å²) < 4.78 is 9.64. The standard InChI is InChI=1S/C10H8BrN3O2S/c1-16-9-3-2-6(11)4-7(9)12-10(15)8-5-17-14-13-8/h2-5H,1H3,(H,12,15). The number of amides is 1. The van der Waals surface area contributed by atoms with E-state index in [1.165, 1.54) is 0 Å². The summed E-state index contributed by atoms with van der Waals surface area (Å²) in [5.41, 5.74) is 0.872. The van der Waals surface area contributed by atoms with E-state index in [4.69, 9.17) is 4.74 Å². The number of anilines is 1. The highest BCUT2D eigenvalue weighted by atomic mass is 79.9. The first-order chi connectivity index (χ1) is 8.20. The Balaban J connectivity index is 2.23. The molecule has 1 heterocycles. The summed E-state index contributed by atoms with van der Waals surface area (Å²) >= 11 is 4.46. The molecule has 0 saturated carbocycles. The zero-order valence-corrected chi connectivity index (χ0v) is 11.2. The number of halogens is 1. The lowest BCUT2D eigenvalue weighted by Gasteiger charge is -2.09. The fourth-order valence-electron chi connectivity index (χ4n) is 1.23. The molecular formula is C10H8BrN3O2S. The van der Waals surface area contributed by atoms with Gasteiger partial charge in [0.1, 0.15) is 5.75 Å². The molecule has 0 fully saturated rings. The fourth-order valence-corrected chi connectivity index (χ4v) is 2.03. The number of nitrogens with one attached hydrogen (secondary N) is 1. The lowest BCUT2D eigenvalue weighted by atomic mass is 10.3. The first-order valence-corrected chi connectivity index (χ1v) is 6.25. The molecule has 0 aliphatic heterocycles. The highest BCUT2D eigenvalue weighted by Crippen LogP contribution is 2.28. The van der Waals surface area contributed by atoms with Gasteiger partial charge in [0.25, 0.3) is 5.91 Å². The number of methoxy groups -OCH3 is 1. The number of ether oxygens (including phenoxy) is 1. The summed E-state index contributed by atoms with van der Waals surface area (Å²) in [6.45, 7) is 0. The third-order valence-electron chi connectivity index (χ3n) is 2.00. The Labute approximate surface area is 110 Å². The highest BCUT2D eigenvalue weighted by molar-refractivity contribution is 9.10. The van der Waals surface area contributed by atoms with E-state index in [1.807, 2.05) is 6.07 Å². The largest absolute Gasteiger partial charge is 0.495 e. The van der Waals surface area contributed by atoms with Crippen LogP contribution in [0.1, 0.15) is 10.5 Å². The molecule has 0 spiro atoms. The van der Waals surface area contributed by atoms with Crippen molar-refractivity contribution in [3.63, 3.8) is 0 Å². The van der Waals surface area contributed by atoms with Crippen molar-refractivity contribution in [3.8, 4) is 5.75 Å². The van der Waals surface area contributed by atoms with Crippen molar-refractivity contribution >= 4 is 39.1 Å². The lowest BCUT2D eigenvalue weighted by Crippen LogP contribution is -2.13. The van der Waals surface area contributed by atoms with Crippen LogP contribution in [0.4, 0.5) is 5.69 Å². The second-order valence-electron chi connectivity index (χ2n) is 3.09. The molecule has 0 atom stereocenters. The summed E-state index contributed by atoms with van der Waals surface area (Å²) in [6.07, 6.45) is 0. The van der Waals surface area contributed by atoms with Crippen LogP contribution in [0.25, 0.3) is 0 Å². The molecule has 0 unspecified atom stereocenters. The van der Waals surface area contributed by atoms with Gasteiger partial charge in [0.15, 0.2) is 5.69 Å². The van der Waals surface area contributed by atoms with Gasteiger partial charge in [-0.2, -0.15) is 0 Å². The monoisotopic (exact) mass is 313 g/mol. The first kappa shape index (κ1) is 12.0. The molecule has 5 nitrogen and oxygen atoms in total. The first-order valence-electron chi connectivity index (χ1n) is 4.62. The quantitative estimate of drug-likeness (QED) is 0.946. The smallest absolute Gasteiger partial charge is 0.277 e. The summed E-state index contributed by atoms with van der Waals surface area (Å²) in [4.78, 5) is 11.8. The highest BCUT2D eigenvalue weighted by Gasteiger charge is 2.12. The third kappa shape index (κ3) is 2.80. The van der Waals surface area contributed by atoms with E-state index in [-0.39, 0.29) is 11.6 Å². The van der Waals surface area contributed by atoms with Crippen LogP contribution in [0.3, 0.4) is 0 Å². The van der Waals surface area contributed by atoms with E-state index in [0.29, 0.717) is 11.4 Å². The number of carbonyl (C=O) groups is 1. The minimum Gasteiger partial charge on any atom is -0.495 e. The van der Waals surface area contributed by atoms with Crippen molar-refractivity contribution in [1.29, 1.82) is 0 Å². The molecular weight excluding hydrogens is 306 g/mol. The molecule has 1 N–H and O–H groups in total. The second-order valence-corrected chi connectivity index (χ2v) is 4.61. The second kappa shape index (κ2) is 5.24. The van der Waals surface area contributed by atoms with E-state index >= 15 is 0 Å². The number of aromatic nitrogens is 2. The van der Waals surface area contributed by atoms with Crippen LogP contribution < -0.4 is 10.1 Å². The number of hydrogen-bond donors (Lipinski definition) is 1. The minimum atomic E-state index is -0.310. The zero-order chi connectivity index (χ0) is 12.3. The van der Waals surface area contributed by atoms with Gasteiger partial charge in [0.05, 0.1) is 12.8 Å². The summed E-state index contributed by atoms with van der Waals surface area (Å²) in [5.74, 6) is 0.278. The molecule has 0 saturated heterocycles. The van der Waals surface area contributed by atoms with Crippen LogP contribution in [0, 0.1) is 0 Å². The van der Waals surface area contributed by atoms with Crippen molar-refractivity contribution in [2.45, 2.75) is 0 Å². The molecule has 0 bridgehead atoms. The Morgan fingerprint density at radius 2 is 2.35 bits per heavy atom. The maximum atomic E-state index is 11.8. The van der Waals surface area contributed by atoms with Gasteiger partial charge in [-0.05, 0) is 29.7 Å². The van der Waals surface area contributed by atoms with E-state index < -0.39 is 0 Å². The molecule has 2 rings (SSSR count). The molecule has 88 valence electrons. The van der Waals surface area contributed by atoms with Gasteiger partial charge in [-0.25, -0.2) is 0 Å². The normalized spacial score (nSPS) is 10.0. The van der Waals surface area contributed by atoms with Gasteiger partial charge in [0.2, 0.25) is 0 Å². The van der Waals surface area contributed by atoms with Crippen molar-refractivity contribution in [1.82, 2.24) is 9.59 Å². The summed E-state index contributed by atoms with van der Waals surface area (Å²) in [5, 5.41) is 7.99. The van der Waals surface area contributed by atoms with Gasteiger partial charge in [0, 0.05) is 9.85 Å². The Hall–Kier alpha value is -1.47. The fraction of sp³-hybridized carbons (Fsp3) is 0.100. The topological polar surface area (TPSA) is 64.1 Å². The average Bonchev–Trinajstić information content (AvgIpc) is 2.83.